The highest BCUT2D eigenvalue weighted by atomic mass is 16.4. The van der Waals surface area contributed by atoms with E-state index in [1.54, 1.807) is 6.07 Å². The average Bonchev–Trinajstić information content (AvgIpc) is 3.02. The van der Waals surface area contributed by atoms with Gasteiger partial charge in [-0.3, -0.25) is 24.3 Å². The molecular formula is C36H46N4O4. The highest BCUT2D eigenvalue weighted by molar-refractivity contribution is 5.94. The van der Waals surface area contributed by atoms with Crippen LogP contribution in [0.1, 0.15) is 66.2 Å². The first-order valence-corrected chi connectivity index (χ1v) is 15.9. The Balaban J connectivity index is 1.31. The number of hydrogen-bond acceptors (Lipinski definition) is 6. The minimum Gasteiger partial charge on any atom is -0.508 e. The van der Waals surface area contributed by atoms with Crippen LogP contribution in [0.4, 0.5) is 0 Å². The number of aliphatic carboxylic acids is 1. The Kier molecular flexibility index (Phi) is 10.7. The Morgan fingerprint density at radius 1 is 0.818 bits per heavy atom. The number of unbranched alkanes of at least 4 members (excludes halogenated alkanes) is 1. The van der Waals surface area contributed by atoms with E-state index in [0.717, 1.165) is 56.8 Å². The molecule has 2 aliphatic heterocycles. The zero-order valence-electron chi connectivity index (χ0n) is 26.0. The van der Waals surface area contributed by atoms with Crippen LogP contribution in [0, 0.1) is 0 Å². The largest absolute Gasteiger partial charge is 0.508 e. The molecule has 44 heavy (non-hydrogen) atoms. The number of aromatic hydroxyl groups is 1. The highest BCUT2D eigenvalue weighted by Crippen LogP contribution is 2.35. The highest BCUT2D eigenvalue weighted by Gasteiger charge is 2.35. The van der Waals surface area contributed by atoms with Crippen LogP contribution in [0.2, 0.25) is 0 Å². The summed E-state index contributed by atoms with van der Waals surface area (Å²) in [7, 11) is 0. The van der Waals surface area contributed by atoms with E-state index in [1.165, 1.54) is 5.56 Å². The van der Waals surface area contributed by atoms with Gasteiger partial charge in [0.05, 0.1) is 6.04 Å². The second-order valence-electron chi connectivity index (χ2n) is 12.4. The second kappa shape index (κ2) is 14.8. The lowest BCUT2D eigenvalue weighted by molar-refractivity contribution is -0.137. The molecule has 2 aliphatic rings. The van der Waals surface area contributed by atoms with E-state index >= 15 is 0 Å². The SMILES string of the molecule is C[C@@H]1CN([C@@H](c2cccc(O)c2)c2cccc(C(=O)N3CCN(CCCCC(=O)O)CC3)c2)[C@@H](C)CN1Cc1ccccc1. The van der Waals surface area contributed by atoms with Crippen LogP contribution >= 0.6 is 0 Å². The Hall–Kier alpha value is -3.72. The third kappa shape index (κ3) is 8.05. The molecular weight excluding hydrogens is 552 g/mol. The Morgan fingerprint density at radius 3 is 2.23 bits per heavy atom. The summed E-state index contributed by atoms with van der Waals surface area (Å²) >= 11 is 0. The van der Waals surface area contributed by atoms with Gasteiger partial charge in [0.1, 0.15) is 5.75 Å². The van der Waals surface area contributed by atoms with E-state index in [-0.39, 0.29) is 30.2 Å². The normalized spacial score (nSPS) is 20.8. The molecule has 3 atom stereocenters. The molecule has 0 aliphatic carbocycles. The van der Waals surface area contributed by atoms with E-state index in [1.807, 2.05) is 35.2 Å². The Morgan fingerprint density at radius 2 is 1.52 bits per heavy atom. The summed E-state index contributed by atoms with van der Waals surface area (Å²) in [6, 6.07) is 26.7. The minimum absolute atomic E-state index is 0.0427. The zero-order chi connectivity index (χ0) is 31.1. The summed E-state index contributed by atoms with van der Waals surface area (Å²) in [6.07, 6.45) is 1.75. The van der Waals surface area contributed by atoms with Crippen molar-refractivity contribution in [1.29, 1.82) is 0 Å². The third-order valence-corrected chi connectivity index (χ3v) is 9.13. The van der Waals surface area contributed by atoms with Crippen molar-refractivity contribution >= 4 is 11.9 Å². The van der Waals surface area contributed by atoms with E-state index in [0.29, 0.717) is 31.1 Å². The van der Waals surface area contributed by atoms with Gasteiger partial charge in [0, 0.05) is 69.9 Å². The van der Waals surface area contributed by atoms with Crippen molar-refractivity contribution < 1.29 is 19.8 Å². The van der Waals surface area contributed by atoms with E-state index in [2.05, 4.69) is 71.0 Å². The van der Waals surface area contributed by atoms with Crippen molar-refractivity contribution in [1.82, 2.24) is 19.6 Å². The summed E-state index contributed by atoms with van der Waals surface area (Å²) in [5.74, 6) is -0.464. The van der Waals surface area contributed by atoms with Crippen molar-refractivity contribution in [3.8, 4) is 5.75 Å². The number of benzene rings is 3. The molecule has 8 nitrogen and oxygen atoms in total. The number of carboxylic acids is 1. The van der Waals surface area contributed by atoms with Crippen LogP contribution in [-0.2, 0) is 11.3 Å². The van der Waals surface area contributed by atoms with Crippen molar-refractivity contribution in [3.63, 3.8) is 0 Å². The fraction of sp³-hybridized carbons (Fsp3) is 0.444. The van der Waals surface area contributed by atoms with Crippen molar-refractivity contribution in [2.75, 3.05) is 45.8 Å². The molecule has 0 saturated carbocycles. The smallest absolute Gasteiger partial charge is 0.303 e. The minimum atomic E-state index is -0.747. The molecule has 2 N–H and O–H groups in total. The maximum Gasteiger partial charge on any atom is 0.303 e. The van der Waals surface area contributed by atoms with Crippen LogP contribution in [0.3, 0.4) is 0 Å². The third-order valence-electron chi connectivity index (χ3n) is 9.13. The number of carboxylic acid groups (broad SMARTS) is 1. The van der Waals surface area contributed by atoms with Crippen LogP contribution in [0.5, 0.6) is 5.75 Å². The number of nitrogens with zero attached hydrogens (tertiary/aromatic N) is 4. The molecule has 8 heteroatoms. The Labute approximate surface area is 261 Å². The summed E-state index contributed by atoms with van der Waals surface area (Å²) < 4.78 is 0. The van der Waals surface area contributed by atoms with Gasteiger partial charge in [-0.1, -0.05) is 54.6 Å². The van der Waals surface area contributed by atoms with Crippen molar-refractivity contribution in [3.05, 3.63) is 101 Å². The average molecular weight is 599 g/mol. The molecule has 5 rings (SSSR count). The zero-order valence-corrected chi connectivity index (χ0v) is 26.0. The topological polar surface area (TPSA) is 87.6 Å². The van der Waals surface area contributed by atoms with Gasteiger partial charge in [-0.05, 0) is 74.2 Å². The molecule has 3 aromatic rings. The van der Waals surface area contributed by atoms with Gasteiger partial charge in [-0.15, -0.1) is 0 Å². The molecule has 234 valence electrons. The molecule has 2 saturated heterocycles. The molecule has 0 radical (unpaired) electrons. The van der Waals surface area contributed by atoms with Crippen LogP contribution in [0.15, 0.2) is 78.9 Å². The first kappa shape index (κ1) is 31.7. The molecule has 1 amide bonds. The van der Waals surface area contributed by atoms with Gasteiger partial charge in [0.15, 0.2) is 0 Å². The molecule has 2 fully saturated rings. The molecule has 0 spiro atoms. The van der Waals surface area contributed by atoms with E-state index < -0.39 is 5.97 Å². The van der Waals surface area contributed by atoms with Gasteiger partial charge in [-0.25, -0.2) is 0 Å². The summed E-state index contributed by atoms with van der Waals surface area (Å²) in [6.45, 7) is 11.0. The number of carbonyl (C=O) groups excluding carboxylic acids is 1. The Bertz CT molecular complexity index is 1390. The lowest BCUT2D eigenvalue weighted by Gasteiger charge is -2.47. The second-order valence-corrected chi connectivity index (χ2v) is 12.4. The number of piperazine rings is 2. The quantitative estimate of drug-likeness (QED) is 0.298. The fourth-order valence-corrected chi connectivity index (χ4v) is 6.70. The number of amides is 1. The molecule has 2 heterocycles. The molecule has 0 bridgehead atoms. The number of phenols is 1. The fourth-order valence-electron chi connectivity index (χ4n) is 6.70. The summed E-state index contributed by atoms with van der Waals surface area (Å²) in [4.78, 5) is 33.8. The number of hydrogen-bond donors (Lipinski definition) is 2. The van der Waals surface area contributed by atoms with Crippen LogP contribution < -0.4 is 0 Å². The molecule has 0 unspecified atom stereocenters. The van der Waals surface area contributed by atoms with Crippen molar-refractivity contribution in [2.24, 2.45) is 0 Å². The maximum atomic E-state index is 13.7. The lowest BCUT2D eigenvalue weighted by atomic mass is 9.92. The first-order valence-electron chi connectivity index (χ1n) is 15.9. The first-order chi connectivity index (χ1) is 21.3. The number of phenolic OH excluding ortho intramolecular Hbond substituents is 1. The number of carbonyl (C=O) groups is 2. The predicted molar refractivity (Wildman–Crippen MR) is 173 cm³/mol. The van der Waals surface area contributed by atoms with Gasteiger partial charge >= 0.3 is 5.97 Å². The number of rotatable bonds is 11. The van der Waals surface area contributed by atoms with Gasteiger partial charge in [0.25, 0.3) is 5.91 Å². The van der Waals surface area contributed by atoms with Crippen LogP contribution in [0.25, 0.3) is 0 Å². The predicted octanol–water partition coefficient (Wildman–Crippen LogP) is 5.09. The lowest BCUT2D eigenvalue weighted by Crippen LogP contribution is -2.56. The molecule has 3 aromatic carbocycles. The van der Waals surface area contributed by atoms with Gasteiger partial charge < -0.3 is 15.1 Å². The van der Waals surface area contributed by atoms with E-state index in [9.17, 15) is 14.7 Å². The summed E-state index contributed by atoms with van der Waals surface area (Å²) in [5.41, 5.74) is 4.07. The van der Waals surface area contributed by atoms with Gasteiger partial charge in [0.2, 0.25) is 0 Å². The molecule has 0 aromatic heterocycles. The summed E-state index contributed by atoms with van der Waals surface area (Å²) in [5, 5.41) is 19.3. The maximum absolute atomic E-state index is 13.7. The van der Waals surface area contributed by atoms with Gasteiger partial charge in [-0.2, -0.15) is 0 Å². The standard InChI is InChI=1S/C36H46N4O4/c1-27-25-40(28(2)24-39(27)26-29-10-4-3-5-11-29)35(31-13-9-15-33(41)23-31)30-12-8-14-32(22-30)36(44)38-20-18-37(19-21-38)17-7-6-16-34(42)43/h3-5,8-15,22-23,27-28,35,41H,6-7,16-21,24-26H2,1-2H3,(H,42,43)/t27-,28+,35-/m1/s1. The van der Waals surface area contributed by atoms with E-state index in [4.69, 9.17) is 5.11 Å². The van der Waals surface area contributed by atoms with Crippen LogP contribution in [-0.4, -0.2) is 99.6 Å². The van der Waals surface area contributed by atoms with Crippen molar-refractivity contribution in [2.45, 2.75) is 57.8 Å². The monoisotopic (exact) mass is 598 g/mol.